The maximum atomic E-state index is 14.1. The van der Waals surface area contributed by atoms with Crippen molar-refractivity contribution in [3.05, 3.63) is 33.5 Å². The van der Waals surface area contributed by atoms with E-state index < -0.39 is 11.7 Å². The molecule has 12 heteroatoms. The van der Waals surface area contributed by atoms with E-state index in [1.807, 2.05) is 27.7 Å². The van der Waals surface area contributed by atoms with Crippen molar-refractivity contribution in [3.63, 3.8) is 0 Å². The Morgan fingerprint density at radius 3 is 2.68 bits per heavy atom. The molecule has 3 aliphatic heterocycles. The molecule has 0 saturated carbocycles. The highest BCUT2D eigenvalue weighted by Crippen LogP contribution is 2.45. The first-order valence-electron chi connectivity index (χ1n) is 12.4. The van der Waals surface area contributed by atoms with E-state index in [1.54, 1.807) is 20.7 Å². The number of halogens is 2. The predicted octanol–water partition coefficient (Wildman–Crippen LogP) is 4.31. The number of nitrogens with one attached hydrogen (secondary N) is 1. The van der Waals surface area contributed by atoms with Crippen LogP contribution in [0.5, 0.6) is 5.75 Å². The van der Waals surface area contributed by atoms with Crippen molar-refractivity contribution in [2.75, 3.05) is 31.6 Å². The van der Waals surface area contributed by atoms with Gasteiger partial charge in [-0.2, -0.15) is 0 Å². The van der Waals surface area contributed by atoms with Crippen molar-refractivity contribution in [1.82, 2.24) is 19.8 Å². The number of carbonyl (C=O) groups excluding carboxylic acids is 2. The van der Waals surface area contributed by atoms with Crippen molar-refractivity contribution in [1.29, 1.82) is 0 Å². The predicted molar refractivity (Wildman–Crippen MR) is 138 cm³/mol. The van der Waals surface area contributed by atoms with Crippen LogP contribution in [0.15, 0.2) is 6.33 Å². The zero-order chi connectivity index (χ0) is 26.8. The van der Waals surface area contributed by atoms with E-state index in [2.05, 4.69) is 29.1 Å². The third-order valence-corrected chi connectivity index (χ3v) is 7.62. The smallest absolute Gasteiger partial charge is 0.410 e. The Labute approximate surface area is 225 Å². The number of hydrogen-bond donors (Lipinski definition) is 1. The summed E-state index contributed by atoms with van der Waals surface area (Å²) in [5.74, 6) is 0.602. The molecule has 2 aromatic heterocycles. The Morgan fingerprint density at radius 2 is 2.00 bits per heavy atom. The van der Waals surface area contributed by atoms with Crippen LogP contribution in [0, 0.1) is 0 Å². The van der Waals surface area contributed by atoms with Gasteiger partial charge in [0.2, 0.25) is 5.15 Å². The zero-order valence-corrected chi connectivity index (χ0v) is 23.3. The monoisotopic (exact) mass is 549 g/mol. The molecule has 5 rings (SSSR count). The number of hydrogen-bond acceptors (Lipinski definition) is 7. The summed E-state index contributed by atoms with van der Waals surface area (Å²) in [6.07, 6.45) is 1.13. The average Bonchev–Trinajstić information content (AvgIpc) is 2.97. The van der Waals surface area contributed by atoms with Crippen LogP contribution in [0.3, 0.4) is 0 Å². The lowest BCUT2D eigenvalue weighted by Crippen LogP contribution is -2.58. The maximum Gasteiger partial charge on any atom is 0.410 e. The Hall–Kier alpha value is -2.85. The Balaban J connectivity index is 1.55. The minimum absolute atomic E-state index is 0.127. The lowest BCUT2D eigenvalue weighted by molar-refractivity contribution is -0.696. The molecule has 0 radical (unpaired) electrons. The molecule has 5 heterocycles. The van der Waals surface area contributed by atoms with Gasteiger partial charge in [0, 0.05) is 19.6 Å². The maximum absolute atomic E-state index is 14.1. The molecule has 0 spiro atoms. The summed E-state index contributed by atoms with van der Waals surface area (Å²) >= 11 is 13.5. The normalized spacial score (nSPS) is 20.7. The van der Waals surface area contributed by atoms with Crippen LogP contribution in [0.25, 0.3) is 0 Å². The zero-order valence-electron chi connectivity index (χ0n) is 21.8. The van der Waals surface area contributed by atoms with Gasteiger partial charge >= 0.3 is 6.09 Å². The molecule has 10 nitrogen and oxygen atoms in total. The number of rotatable bonds is 1. The molecule has 2 aromatic rings. The summed E-state index contributed by atoms with van der Waals surface area (Å²) < 4.78 is 13.5. The summed E-state index contributed by atoms with van der Waals surface area (Å²) in [6, 6.07) is -0.683. The molecule has 37 heavy (non-hydrogen) atoms. The SMILES string of the molecule is CC(C)c1ncnc2c1Nc1c3c(c(Cl)c(Cl)[n+]1C2C)OCC1CN(C(=O)OC(C)(C)C)CCN1C3=O. The van der Waals surface area contributed by atoms with E-state index in [1.165, 1.54) is 0 Å². The Kier molecular flexibility index (Phi) is 6.39. The minimum Gasteiger partial charge on any atom is -0.488 e. The molecular formula is C25H31Cl2N6O4+. The fourth-order valence-corrected chi connectivity index (χ4v) is 5.63. The van der Waals surface area contributed by atoms with Gasteiger partial charge in [0.25, 0.3) is 11.7 Å². The van der Waals surface area contributed by atoms with Gasteiger partial charge in [-0.15, -0.1) is 0 Å². The molecule has 1 N–H and O–H groups in total. The van der Waals surface area contributed by atoms with Crippen LogP contribution in [-0.2, 0) is 4.74 Å². The van der Waals surface area contributed by atoms with Crippen LogP contribution >= 0.6 is 23.2 Å². The van der Waals surface area contributed by atoms with Gasteiger partial charge in [0.05, 0.1) is 11.7 Å². The largest absolute Gasteiger partial charge is 0.488 e. The van der Waals surface area contributed by atoms with Crippen molar-refractivity contribution in [2.24, 2.45) is 0 Å². The van der Waals surface area contributed by atoms with Crippen molar-refractivity contribution in [3.8, 4) is 5.75 Å². The molecule has 1 fully saturated rings. The second-order valence-electron chi connectivity index (χ2n) is 10.9. The van der Waals surface area contributed by atoms with Crippen LogP contribution in [0.2, 0.25) is 10.2 Å². The minimum atomic E-state index is -0.613. The highest BCUT2D eigenvalue weighted by Gasteiger charge is 2.46. The van der Waals surface area contributed by atoms with Crippen LogP contribution in [0.1, 0.15) is 75.2 Å². The molecule has 3 aliphatic rings. The summed E-state index contributed by atoms with van der Waals surface area (Å²) in [7, 11) is 0. The number of aromatic nitrogens is 3. The van der Waals surface area contributed by atoms with Crippen LogP contribution < -0.4 is 14.6 Å². The molecule has 0 bridgehead atoms. The molecule has 2 amide bonds. The number of fused-ring (bicyclic) bond motifs is 5. The number of anilines is 2. The fourth-order valence-electron chi connectivity index (χ4n) is 5.07. The number of carbonyl (C=O) groups is 2. The van der Waals surface area contributed by atoms with E-state index in [4.69, 9.17) is 32.7 Å². The Morgan fingerprint density at radius 1 is 1.27 bits per heavy atom. The Bertz CT molecular complexity index is 1300. The third kappa shape index (κ3) is 4.33. The summed E-state index contributed by atoms with van der Waals surface area (Å²) in [6.45, 7) is 12.7. The molecule has 2 atom stereocenters. The lowest BCUT2D eigenvalue weighted by atomic mass is 10.0. The summed E-state index contributed by atoms with van der Waals surface area (Å²) in [5, 5.41) is 3.81. The molecule has 0 aromatic carbocycles. The number of nitrogens with zero attached hydrogens (tertiary/aromatic N) is 5. The average molecular weight is 550 g/mol. The quantitative estimate of drug-likeness (QED) is 0.417. The van der Waals surface area contributed by atoms with E-state index in [0.717, 1.165) is 17.1 Å². The first kappa shape index (κ1) is 25.8. The van der Waals surface area contributed by atoms with Gasteiger partial charge in [-0.3, -0.25) is 4.79 Å². The summed E-state index contributed by atoms with van der Waals surface area (Å²) in [4.78, 5) is 39.1. The topological polar surface area (TPSA) is 101 Å². The first-order valence-corrected chi connectivity index (χ1v) is 13.1. The van der Waals surface area contributed by atoms with Gasteiger partial charge < -0.3 is 19.3 Å². The van der Waals surface area contributed by atoms with Crippen LogP contribution in [0.4, 0.5) is 16.3 Å². The van der Waals surface area contributed by atoms with Gasteiger partial charge in [-0.05, 0) is 45.2 Å². The van der Waals surface area contributed by atoms with E-state index in [9.17, 15) is 9.59 Å². The van der Waals surface area contributed by atoms with Crippen molar-refractivity contribution < 1.29 is 23.6 Å². The molecule has 0 aliphatic carbocycles. The third-order valence-electron chi connectivity index (χ3n) is 6.81. The van der Waals surface area contributed by atoms with Crippen LogP contribution in [-0.4, -0.2) is 69.7 Å². The van der Waals surface area contributed by atoms with Gasteiger partial charge in [0.15, 0.2) is 17.0 Å². The number of ether oxygens (including phenoxy) is 2. The molecule has 2 unspecified atom stereocenters. The second-order valence-corrected chi connectivity index (χ2v) is 11.6. The highest BCUT2D eigenvalue weighted by atomic mass is 35.5. The fraction of sp³-hybridized carbons (Fsp3) is 0.560. The standard InChI is InChI=1S/C25H30Cl2N6O4/c1-12(2)17-19-18(29-11-28-17)13(3)33-21(27)16(26)20-15(22(33)30-19)23(34)32-8-7-31(9-14(32)10-36-20)24(35)37-25(4,5)6/h11-14H,7-10H2,1-6H3/p+1. The molecular weight excluding hydrogens is 519 g/mol. The second kappa shape index (κ2) is 9.16. The van der Waals surface area contributed by atoms with E-state index in [-0.39, 0.29) is 53.0 Å². The van der Waals surface area contributed by atoms with E-state index in [0.29, 0.717) is 24.5 Å². The highest BCUT2D eigenvalue weighted by molar-refractivity contribution is 6.42. The molecule has 198 valence electrons. The number of pyridine rings is 1. The number of amides is 2. The van der Waals surface area contributed by atoms with Gasteiger partial charge in [-0.1, -0.05) is 25.4 Å². The molecule has 1 saturated heterocycles. The van der Waals surface area contributed by atoms with Gasteiger partial charge in [-0.25, -0.2) is 24.6 Å². The first-order chi connectivity index (χ1) is 17.4. The summed E-state index contributed by atoms with van der Waals surface area (Å²) in [5.41, 5.74) is 2.05. The van der Waals surface area contributed by atoms with E-state index >= 15 is 0 Å². The van der Waals surface area contributed by atoms with Crippen molar-refractivity contribution in [2.45, 2.75) is 65.1 Å². The van der Waals surface area contributed by atoms with Gasteiger partial charge in [0.1, 0.15) is 35.3 Å². The lowest BCUT2D eigenvalue weighted by Gasteiger charge is -2.40. The number of piperazine rings is 1. The van der Waals surface area contributed by atoms with Crippen molar-refractivity contribution >= 4 is 46.7 Å².